The van der Waals surface area contributed by atoms with E-state index in [1.165, 1.54) is 22.2 Å². The summed E-state index contributed by atoms with van der Waals surface area (Å²) in [6, 6.07) is 2.19. The molecule has 0 saturated carbocycles. The molecule has 1 N–H and O–H groups in total. The zero-order valence-electron chi connectivity index (χ0n) is 15.7. The summed E-state index contributed by atoms with van der Waals surface area (Å²) in [6.07, 6.45) is 3.26. The van der Waals surface area contributed by atoms with Gasteiger partial charge in [-0.25, -0.2) is 4.79 Å². The standard InChI is InChI=1S/C18H21N5O3S/c1-18(2,3)26-17(25)23-6-5-12-13(7-19)16(27-14(12)10-23)21-15(24)11-8-20-22(4)9-11/h8-9H,5-6,10H2,1-4H3,(H,21,24). The Hall–Kier alpha value is -2.86. The summed E-state index contributed by atoms with van der Waals surface area (Å²) >= 11 is 1.32. The van der Waals surface area contributed by atoms with Gasteiger partial charge in [-0.1, -0.05) is 0 Å². The van der Waals surface area contributed by atoms with Crippen molar-refractivity contribution < 1.29 is 14.3 Å². The third-order valence-corrected chi connectivity index (χ3v) is 5.15. The normalized spacial score (nSPS) is 13.7. The molecule has 0 fully saturated rings. The van der Waals surface area contributed by atoms with Crippen molar-refractivity contribution in [3.63, 3.8) is 0 Å². The van der Waals surface area contributed by atoms with Gasteiger partial charge >= 0.3 is 6.09 Å². The van der Waals surface area contributed by atoms with Gasteiger partial charge in [0.25, 0.3) is 5.91 Å². The van der Waals surface area contributed by atoms with Crippen LogP contribution in [0.3, 0.4) is 0 Å². The first-order valence-corrected chi connectivity index (χ1v) is 9.32. The van der Waals surface area contributed by atoms with Gasteiger partial charge in [0, 0.05) is 24.7 Å². The van der Waals surface area contributed by atoms with Crippen LogP contribution in [0.1, 0.15) is 47.1 Å². The van der Waals surface area contributed by atoms with Crippen LogP contribution in [0.2, 0.25) is 0 Å². The van der Waals surface area contributed by atoms with E-state index >= 15 is 0 Å². The van der Waals surface area contributed by atoms with Gasteiger partial charge < -0.3 is 15.0 Å². The summed E-state index contributed by atoms with van der Waals surface area (Å²) in [4.78, 5) is 27.2. The van der Waals surface area contributed by atoms with Crippen LogP contribution >= 0.6 is 11.3 Å². The summed E-state index contributed by atoms with van der Waals surface area (Å²) in [5, 5.41) is 16.8. The highest BCUT2D eigenvalue weighted by Gasteiger charge is 2.30. The summed E-state index contributed by atoms with van der Waals surface area (Å²) < 4.78 is 6.97. The number of nitriles is 1. The molecule has 0 aromatic carbocycles. The number of nitrogens with one attached hydrogen (secondary N) is 1. The minimum absolute atomic E-state index is 0.317. The molecule has 2 amide bonds. The van der Waals surface area contributed by atoms with Crippen LogP contribution in [-0.2, 0) is 24.8 Å². The number of thiophene rings is 1. The number of carbonyl (C=O) groups is 2. The maximum Gasteiger partial charge on any atom is 0.410 e. The number of amides is 2. The van der Waals surface area contributed by atoms with Gasteiger partial charge in [0.1, 0.15) is 16.7 Å². The molecule has 142 valence electrons. The van der Waals surface area contributed by atoms with Crippen LogP contribution in [-0.4, -0.2) is 38.8 Å². The van der Waals surface area contributed by atoms with Gasteiger partial charge in [-0.15, -0.1) is 11.3 Å². The minimum atomic E-state index is -0.562. The first kappa shape index (κ1) is 18.9. The molecule has 8 nitrogen and oxygen atoms in total. The number of aryl methyl sites for hydroxylation is 1. The van der Waals surface area contributed by atoms with Crippen molar-refractivity contribution in [1.82, 2.24) is 14.7 Å². The maximum absolute atomic E-state index is 12.4. The number of aromatic nitrogens is 2. The molecule has 0 atom stereocenters. The lowest BCUT2D eigenvalue weighted by Gasteiger charge is -2.29. The number of ether oxygens (including phenoxy) is 1. The molecule has 0 unspecified atom stereocenters. The number of nitrogens with zero attached hydrogens (tertiary/aromatic N) is 4. The molecule has 0 bridgehead atoms. The number of carbonyl (C=O) groups excluding carboxylic acids is 2. The number of anilines is 1. The zero-order chi connectivity index (χ0) is 19.8. The average molecular weight is 387 g/mol. The summed E-state index contributed by atoms with van der Waals surface area (Å²) in [5.74, 6) is -0.317. The van der Waals surface area contributed by atoms with Gasteiger partial charge in [0.15, 0.2) is 0 Å². The summed E-state index contributed by atoms with van der Waals surface area (Å²) in [7, 11) is 1.73. The van der Waals surface area contributed by atoms with Crippen molar-refractivity contribution >= 4 is 28.3 Å². The Bertz CT molecular complexity index is 932. The van der Waals surface area contributed by atoms with Crippen LogP contribution in [0.4, 0.5) is 9.80 Å². The smallest absolute Gasteiger partial charge is 0.410 e. The lowest BCUT2D eigenvalue weighted by atomic mass is 10.0. The quantitative estimate of drug-likeness (QED) is 0.854. The van der Waals surface area contributed by atoms with E-state index in [4.69, 9.17) is 4.74 Å². The fourth-order valence-electron chi connectivity index (χ4n) is 2.81. The van der Waals surface area contributed by atoms with Gasteiger partial charge in [0.05, 0.1) is 23.9 Å². The van der Waals surface area contributed by atoms with Crippen molar-refractivity contribution in [1.29, 1.82) is 5.26 Å². The number of fused-ring (bicyclic) bond motifs is 1. The second-order valence-corrected chi connectivity index (χ2v) is 8.43. The topological polar surface area (TPSA) is 100 Å². The van der Waals surface area contributed by atoms with E-state index in [-0.39, 0.29) is 12.0 Å². The Balaban J connectivity index is 1.79. The second-order valence-electron chi connectivity index (χ2n) is 7.33. The van der Waals surface area contributed by atoms with E-state index in [9.17, 15) is 14.9 Å². The van der Waals surface area contributed by atoms with Crippen molar-refractivity contribution in [3.8, 4) is 6.07 Å². The lowest BCUT2D eigenvalue weighted by Crippen LogP contribution is -2.39. The Labute approximate surface area is 161 Å². The highest BCUT2D eigenvalue weighted by Crippen LogP contribution is 2.37. The third-order valence-electron chi connectivity index (χ3n) is 4.01. The highest BCUT2D eigenvalue weighted by molar-refractivity contribution is 7.16. The van der Waals surface area contributed by atoms with E-state index < -0.39 is 5.60 Å². The van der Waals surface area contributed by atoms with E-state index in [1.54, 1.807) is 18.1 Å². The maximum atomic E-state index is 12.4. The monoisotopic (exact) mass is 387 g/mol. The molecule has 2 aromatic rings. The highest BCUT2D eigenvalue weighted by atomic mass is 32.1. The van der Waals surface area contributed by atoms with Crippen molar-refractivity contribution in [3.05, 3.63) is 34.0 Å². The summed E-state index contributed by atoms with van der Waals surface area (Å²) in [6.45, 7) is 6.32. The van der Waals surface area contributed by atoms with E-state index in [1.807, 2.05) is 20.8 Å². The van der Waals surface area contributed by atoms with E-state index in [0.717, 1.165) is 10.4 Å². The Morgan fingerprint density at radius 3 is 2.74 bits per heavy atom. The molecule has 0 aliphatic carbocycles. The number of hydrogen-bond donors (Lipinski definition) is 1. The Kier molecular flexibility index (Phi) is 4.93. The molecule has 2 aromatic heterocycles. The molecule has 0 saturated heterocycles. The van der Waals surface area contributed by atoms with Crippen LogP contribution in [0.15, 0.2) is 12.4 Å². The molecule has 1 aliphatic rings. The number of rotatable bonds is 2. The fraction of sp³-hybridized carbons (Fsp3) is 0.444. The van der Waals surface area contributed by atoms with Gasteiger partial charge in [0.2, 0.25) is 0 Å². The lowest BCUT2D eigenvalue weighted by molar-refractivity contribution is 0.0226. The molecular formula is C18H21N5O3S. The zero-order valence-corrected chi connectivity index (χ0v) is 16.5. The van der Waals surface area contributed by atoms with E-state index in [0.29, 0.717) is 35.6 Å². The molecule has 1 aliphatic heterocycles. The predicted molar refractivity (Wildman–Crippen MR) is 101 cm³/mol. The molecule has 0 radical (unpaired) electrons. The van der Waals surface area contributed by atoms with E-state index in [2.05, 4.69) is 16.5 Å². The van der Waals surface area contributed by atoms with Crippen LogP contribution in [0.25, 0.3) is 0 Å². The van der Waals surface area contributed by atoms with Crippen molar-refractivity contribution in [2.45, 2.75) is 39.3 Å². The third kappa shape index (κ3) is 4.11. The Morgan fingerprint density at radius 1 is 1.41 bits per heavy atom. The van der Waals surface area contributed by atoms with Gasteiger partial charge in [-0.3, -0.25) is 9.48 Å². The predicted octanol–water partition coefficient (Wildman–Crippen LogP) is 2.90. The molecular weight excluding hydrogens is 366 g/mol. The largest absolute Gasteiger partial charge is 0.444 e. The first-order chi connectivity index (χ1) is 12.7. The van der Waals surface area contributed by atoms with Crippen LogP contribution in [0, 0.1) is 11.3 Å². The molecule has 27 heavy (non-hydrogen) atoms. The average Bonchev–Trinajstić information content (AvgIpc) is 3.15. The van der Waals surface area contributed by atoms with Gasteiger partial charge in [-0.2, -0.15) is 10.4 Å². The molecule has 9 heteroatoms. The minimum Gasteiger partial charge on any atom is -0.444 e. The summed E-state index contributed by atoms with van der Waals surface area (Å²) in [5.41, 5.74) is 1.22. The van der Waals surface area contributed by atoms with Crippen molar-refractivity contribution in [2.24, 2.45) is 7.05 Å². The van der Waals surface area contributed by atoms with Crippen LogP contribution in [0.5, 0.6) is 0 Å². The molecule has 3 heterocycles. The van der Waals surface area contributed by atoms with Crippen molar-refractivity contribution in [2.75, 3.05) is 11.9 Å². The molecule has 0 spiro atoms. The Morgan fingerprint density at radius 2 is 2.15 bits per heavy atom. The number of hydrogen-bond acceptors (Lipinski definition) is 6. The molecule has 3 rings (SSSR count). The fourth-order valence-corrected chi connectivity index (χ4v) is 4.01. The first-order valence-electron chi connectivity index (χ1n) is 8.50. The van der Waals surface area contributed by atoms with Crippen LogP contribution < -0.4 is 5.32 Å². The van der Waals surface area contributed by atoms with Gasteiger partial charge in [-0.05, 0) is 32.8 Å². The second kappa shape index (κ2) is 7.04. The SMILES string of the molecule is Cn1cc(C(=O)Nc2sc3c(c2C#N)CCN(C(=O)OC(C)(C)C)C3)cn1.